The Kier molecular flexibility index (Phi) is 9.37. The minimum Gasteiger partial charge on any atom is -0.490 e. The van der Waals surface area contributed by atoms with Crippen molar-refractivity contribution < 1.29 is 19.1 Å². The smallest absolute Gasteiger partial charge is 0.271 e. The van der Waals surface area contributed by atoms with Crippen molar-refractivity contribution in [3.05, 3.63) is 86.4 Å². The summed E-state index contributed by atoms with van der Waals surface area (Å²) in [6.45, 7) is 3.72. The van der Waals surface area contributed by atoms with E-state index in [1.165, 1.54) is 6.21 Å². The fraction of sp³-hybridized carbons (Fsp3) is 0.160. The summed E-state index contributed by atoms with van der Waals surface area (Å²) in [4.78, 5) is 24.5. The molecule has 0 aliphatic heterocycles. The number of hydrazone groups is 1. The highest BCUT2D eigenvalue weighted by Crippen LogP contribution is 2.36. The molecule has 0 fully saturated rings. The van der Waals surface area contributed by atoms with Crippen LogP contribution in [0.15, 0.2) is 59.7 Å². The Labute approximate surface area is 218 Å². The van der Waals surface area contributed by atoms with Gasteiger partial charge in [-0.3, -0.25) is 9.59 Å². The van der Waals surface area contributed by atoms with Gasteiger partial charge in [-0.05, 0) is 73.5 Å². The molecule has 182 valence electrons. The summed E-state index contributed by atoms with van der Waals surface area (Å²) in [5.74, 6) is -0.238. The summed E-state index contributed by atoms with van der Waals surface area (Å²) < 4.78 is 11.3. The number of amides is 2. The lowest BCUT2D eigenvalue weighted by atomic mass is 10.2. The highest BCUT2D eigenvalue weighted by Gasteiger charge is 2.15. The van der Waals surface area contributed by atoms with Gasteiger partial charge in [-0.25, -0.2) is 5.43 Å². The van der Waals surface area contributed by atoms with Crippen molar-refractivity contribution in [3.63, 3.8) is 0 Å². The Morgan fingerprint density at radius 2 is 1.71 bits per heavy atom. The van der Waals surface area contributed by atoms with Crippen LogP contribution in [0.2, 0.25) is 15.1 Å². The fourth-order valence-corrected chi connectivity index (χ4v) is 3.48. The number of halogens is 3. The van der Waals surface area contributed by atoms with Crippen molar-refractivity contribution in [2.24, 2.45) is 5.10 Å². The second-order valence-electron chi connectivity index (χ2n) is 7.27. The van der Waals surface area contributed by atoms with Gasteiger partial charge >= 0.3 is 0 Å². The van der Waals surface area contributed by atoms with Gasteiger partial charge in [0.15, 0.2) is 18.1 Å². The first-order chi connectivity index (χ1) is 16.8. The zero-order valence-corrected chi connectivity index (χ0v) is 21.2. The van der Waals surface area contributed by atoms with E-state index in [9.17, 15) is 9.59 Å². The van der Waals surface area contributed by atoms with Crippen LogP contribution < -0.4 is 20.2 Å². The third-order valence-corrected chi connectivity index (χ3v) is 5.56. The van der Waals surface area contributed by atoms with E-state index in [0.717, 1.165) is 5.56 Å². The molecule has 2 amide bonds. The number of nitrogens with zero attached hydrogens (tertiary/aromatic N) is 1. The zero-order chi connectivity index (χ0) is 25.4. The number of anilines is 1. The molecule has 3 aromatic carbocycles. The third kappa shape index (κ3) is 7.62. The van der Waals surface area contributed by atoms with Crippen LogP contribution in [-0.4, -0.2) is 31.2 Å². The lowest BCUT2D eigenvalue weighted by molar-refractivity contribution is -0.118. The van der Waals surface area contributed by atoms with Crippen molar-refractivity contribution in [1.29, 1.82) is 0 Å². The van der Waals surface area contributed by atoms with Crippen LogP contribution in [0.5, 0.6) is 11.5 Å². The van der Waals surface area contributed by atoms with E-state index in [1.807, 2.05) is 6.92 Å². The van der Waals surface area contributed by atoms with Crippen LogP contribution in [0.3, 0.4) is 0 Å². The monoisotopic (exact) mass is 533 g/mol. The van der Waals surface area contributed by atoms with E-state index < -0.39 is 5.91 Å². The minimum absolute atomic E-state index is 0.215. The average Bonchev–Trinajstić information content (AvgIpc) is 2.81. The zero-order valence-electron chi connectivity index (χ0n) is 18.9. The molecular weight excluding hydrogens is 513 g/mol. The lowest BCUT2D eigenvalue weighted by Gasteiger charge is -2.14. The van der Waals surface area contributed by atoms with Gasteiger partial charge in [-0.15, -0.1) is 0 Å². The Morgan fingerprint density at radius 3 is 2.40 bits per heavy atom. The maximum absolute atomic E-state index is 12.3. The number of hydrogen-bond donors (Lipinski definition) is 2. The van der Waals surface area contributed by atoms with E-state index in [1.54, 1.807) is 61.5 Å². The van der Waals surface area contributed by atoms with E-state index in [0.29, 0.717) is 39.2 Å². The Balaban J connectivity index is 1.65. The molecular formula is C25H22Cl3N3O4. The summed E-state index contributed by atoms with van der Waals surface area (Å²) in [7, 11) is 0. The summed E-state index contributed by atoms with van der Waals surface area (Å²) >= 11 is 18.3. The van der Waals surface area contributed by atoms with Crippen molar-refractivity contribution in [3.8, 4) is 11.5 Å². The van der Waals surface area contributed by atoms with E-state index in [2.05, 4.69) is 15.8 Å². The van der Waals surface area contributed by atoms with Gasteiger partial charge in [-0.1, -0.05) is 40.9 Å². The van der Waals surface area contributed by atoms with Crippen LogP contribution in [-0.2, 0) is 4.79 Å². The SMILES string of the molecule is CCOc1cc(/C=N/NC(=O)c2ccc(Cl)cc2)cc(Cl)c1OCC(=O)Nc1ccc(C)c(Cl)c1. The highest BCUT2D eigenvalue weighted by atomic mass is 35.5. The van der Waals surface area contributed by atoms with Gasteiger partial charge < -0.3 is 14.8 Å². The molecule has 0 aromatic heterocycles. The molecule has 0 saturated carbocycles. The van der Waals surface area contributed by atoms with Crippen molar-refractivity contribution >= 4 is 58.5 Å². The van der Waals surface area contributed by atoms with Gasteiger partial charge in [0, 0.05) is 21.3 Å². The molecule has 10 heteroatoms. The first-order valence-electron chi connectivity index (χ1n) is 10.5. The van der Waals surface area contributed by atoms with Crippen molar-refractivity contribution in [2.75, 3.05) is 18.5 Å². The number of carbonyl (C=O) groups excluding carboxylic acids is 2. The molecule has 2 N–H and O–H groups in total. The summed E-state index contributed by atoms with van der Waals surface area (Å²) in [6.07, 6.45) is 1.42. The first-order valence-corrected chi connectivity index (χ1v) is 11.6. The molecule has 3 aromatic rings. The highest BCUT2D eigenvalue weighted by molar-refractivity contribution is 6.32. The van der Waals surface area contributed by atoms with Gasteiger partial charge in [0.05, 0.1) is 17.8 Å². The molecule has 7 nitrogen and oxygen atoms in total. The predicted octanol–water partition coefficient (Wildman–Crippen LogP) is 6.14. The van der Waals surface area contributed by atoms with Gasteiger partial charge in [0.2, 0.25) is 0 Å². The maximum Gasteiger partial charge on any atom is 0.271 e. The van der Waals surface area contributed by atoms with Crippen LogP contribution in [0, 0.1) is 6.92 Å². The summed E-state index contributed by atoms with van der Waals surface area (Å²) in [5, 5.41) is 7.97. The van der Waals surface area contributed by atoms with E-state index in [4.69, 9.17) is 44.3 Å². The molecule has 0 unspecified atom stereocenters. The Morgan fingerprint density at radius 1 is 0.971 bits per heavy atom. The molecule has 0 atom stereocenters. The molecule has 0 spiro atoms. The van der Waals surface area contributed by atoms with E-state index in [-0.39, 0.29) is 23.3 Å². The number of benzene rings is 3. The summed E-state index contributed by atoms with van der Waals surface area (Å²) in [5.41, 5.74) is 4.86. The summed E-state index contributed by atoms with van der Waals surface area (Å²) in [6, 6.07) is 14.8. The maximum atomic E-state index is 12.3. The Bertz CT molecular complexity index is 1250. The van der Waals surface area contributed by atoms with Gasteiger partial charge in [-0.2, -0.15) is 5.10 Å². The number of rotatable bonds is 9. The number of nitrogens with one attached hydrogen (secondary N) is 2. The fourth-order valence-electron chi connectivity index (χ4n) is 2.90. The van der Waals surface area contributed by atoms with E-state index >= 15 is 0 Å². The number of aryl methyl sites for hydroxylation is 1. The minimum atomic E-state index is -0.394. The lowest BCUT2D eigenvalue weighted by Crippen LogP contribution is -2.20. The standard InChI is InChI=1S/C25H22Cl3N3O4/c1-3-34-22-11-16(13-29-31-25(33)17-5-7-18(26)8-6-17)10-21(28)24(22)35-14-23(32)30-19-9-4-15(2)20(27)12-19/h4-13H,3,14H2,1-2H3,(H,30,32)(H,31,33)/b29-13+. The second-order valence-corrected chi connectivity index (χ2v) is 8.52. The largest absolute Gasteiger partial charge is 0.490 e. The second kappa shape index (κ2) is 12.4. The number of carbonyl (C=O) groups is 2. The molecule has 0 saturated heterocycles. The van der Waals surface area contributed by atoms with Crippen molar-refractivity contribution in [1.82, 2.24) is 5.43 Å². The molecule has 0 aliphatic rings. The average molecular weight is 535 g/mol. The van der Waals surface area contributed by atoms with Crippen LogP contribution >= 0.6 is 34.8 Å². The molecule has 0 heterocycles. The number of hydrogen-bond acceptors (Lipinski definition) is 5. The molecule has 0 radical (unpaired) electrons. The quantitative estimate of drug-likeness (QED) is 0.255. The van der Waals surface area contributed by atoms with Gasteiger partial charge in [0.1, 0.15) is 0 Å². The topological polar surface area (TPSA) is 89.0 Å². The molecule has 3 rings (SSSR count). The van der Waals surface area contributed by atoms with Crippen LogP contribution in [0.4, 0.5) is 5.69 Å². The molecule has 0 aliphatic carbocycles. The normalized spacial score (nSPS) is 10.8. The molecule has 0 bridgehead atoms. The Hall–Kier alpha value is -3.26. The van der Waals surface area contributed by atoms with Gasteiger partial charge in [0.25, 0.3) is 11.8 Å². The van der Waals surface area contributed by atoms with Crippen LogP contribution in [0.25, 0.3) is 0 Å². The third-order valence-electron chi connectivity index (χ3n) is 4.62. The molecule has 35 heavy (non-hydrogen) atoms. The number of ether oxygens (including phenoxy) is 2. The first kappa shape index (κ1) is 26.3. The van der Waals surface area contributed by atoms with Crippen LogP contribution in [0.1, 0.15) is 28.4 Å². The predicted molar refractivity (Wildman–Crippen MR) is 139 cm³/mol. The van der Waals surface area contributed by atoms with Crippen molar-refractivity contribution in [2.45, 2.75) is 13.8 Å².